The summed E-state index contributed by atoms with van der Waals surface area (Å²) in [5, 5.41) is 3.72. The molecule has 2 aliphatic heterocycles. The number of halogens is 1. The van der Waals surface area contributed by atoms with Gasteiger partial charge in [0.2, 0.25) is 0 Å². The molecule has 2 saturated heterocycles. The van der Waals surface area contributed by atoms with Crippen LogP contribution >= 0.6 is 0 Å². The van der Waals surface area contributed by atoms with Crippen molar-refractivity contribution in [1.82, 2.24) is 10.3 Å². The lowest BCUT2D eigenvalue weighted by Gasteiger charge is -2.37. The van der Waals surface area contributed by atoms with Gasteiger partial charge >= 0.3 is 0 Å². The number of hydrogen-bond acceptors (Lipinski definition) is 5. The number of anilines is 2. The van der Waals surface area contributed by atoms with Gasteiger partial charge in [0.25, 0.3) is 0 Å². The maximum atomic E-state index is 13.9. The van der Waals surface area contributed by atoms with Gasteiger partial charge in [-0.15, -0.1) is 0 Å². The van der Waals surface area contributed by atoms with Crippen LogP contribution in [0.25, 0.3) is 0 Å². The summed E-state index contributed by atoms with van der Waals surface area (Å²) in [7, 11) is 0. The molecule has 0 atom stereocenters. The molecule has 0 radical (unpaired) electrons. The van der Waals surface area contributed by atoms with E-state index in [0.717, 1.165) is 52.0 Å². The third-order valence-corrected chi connectivity index (χ3v) is 4.41. The van der Waals surface area contributed by atoms with E-state index in [1.54, 1.807) is 0 Å². The molecule has 1 aromatic rings. The van der Waals surface area contributed by atoms with Gasteiger partial charge in [0.1, 0.15) is 0 Å². The van der Waals surface area contributed by atoms with Gasteiger partial charge in [-0.2, -0.15) is 0 Å². The van der Waals surface area contributed by atoms with E-state index in [-0.39, 0.29) is 5.82 Å². The molecular formula is C15H23FN4O. The van der Waals surface area contributed by atoms with E-state index in [1.165, 1.54) is 12.4 Å². The Morgan fingerprint density at radius 1 is 1.14 bits per heavy atom. The Hall–Kier alpha value is -1.40. The van der Waals surface area contributed by atoms with E-state index in [1.807, 2.05) is 4.90 Å². The van der Waals surface area contributed by atoms with E-state index < -0.39 is 0 Å². The zero-order chi connectivity index (χ0) is 14.7. The molecule has 0 saturated carbocycles. The van der Waals surface area contributed by atoms with E-state index in [2.05, 4.69) is 10.3 Å². The van der Waals surface area contributed by atoms with E-state index in [9.17, 15) is 4.39 Å². The lowest BCUT2D eigenvalue weighted by Crippen LogP contribution is -2.48. The van der Waals surface area contributed by atoms with E-state index >= 15 is 0 Å². The Kier molecular flexibility index (Phi) is 4.55. The predicted octanol–water partition coefficient (Wildman–Crippen LogP) is 1.54. The number of nitrogens with two attached hydrogens (primary N) is 1. The van der Waals surface area contributed by atoms with Gasteiger partial charge in [0.05, 0.1) is 23.8 Å². The van der Waals surface area contributed by atoms with Crippen molar-refractivity contribution in [3.05, 3.63) is 18.2 Å². The Balaban J connectivity index is 1.55. The molecule has 0 aliphatic carbocycles. The molecule has 3 heterocycles. The fourth-order valence-corrected chi connectivity index (χ4v) is 3.24. The first-order chi connectivity index (χ1) is 10.2. The number of piperidine rings is 1. The highest BCUT2D eigenvalue weighted by atomic mass is 19.1. The first kappa shape index (κ1) is 14.5. The molecule has 0 aromatic carbocycles. The van der Waals surface area contributed by atoms with Crippen molar-refractivity contribution in [3.63, 3.8) is 0 Å². The average Bonchev–Trinajstić information content (AvgIpc) is 2.50. The van der Waals surface area contributed by atoms with Crippen LogP contribution in [0.15, 0.2) is 12.4 Å². The fraction of sp³-hybridized carbons (Fsp3) is 0.667. The van der Waals surface area contributed by atoms with Crippen LogP contribution in [0.2, 0.25) is 0 Å². The lowest BCUT2D eigenvalue weighted by atomic mass is 10.0. The molecular weight excluding hydrogens is 271 g/mol. The first-order valence-electron chi connectivity index (χ1n) is 7.72. The Morgan fingerprint density at radius 2 is 1.81 bits per heavy atom. The topological polar surface area (TPSA) is 63.4 Å². The van der Waals surface area contributed by atoms with Crippen LogP contribution in [0.4, 0.5) is 15.8 Å². The Morgan fingerprint density at radius 3 is 2.48 bits per heavy atom. The molecule has 2 aliphatic rings. The minimum absolute atomic E-state index is 0.328. The van der Waals surface area contributed by atoms with Gasteiger partial charge in [-0.3, -0.25) is 4.98 Å². The second kappa shape index (κ2) is 6.58. The highest BCUT2D eigenvalue weighted by Crippen LogP contribution is 2.28. The first-order valence-corrected chi connectivity index (χ1v) is 7.72. The van der Waals surface area contributed by atoms with Gasteiger partial charge in [0.15, 0.2) is 5.82 Å². The van der Waals surface area contributed by atoms with Gasteiger partial charge in [-0.05, 0) is 25.7 Å². The van der Waals surface area contributed by atoms with Crippen molar-refractivity contribution < 1.29 is 9.13 Å². The van der Waals surface area contributed by atoms with Crippen molar-refractivity contribution in [3.8, 4) is 0 Å². The zero-order valence-corrected chi connectivity index (χ0v) is 12.2. The van der Waals surface area contributed by atoms with Crippen LogP contribution in [0.1, 0.15) is 25.7 Å². The second-order valence-corrected chi connectivity index (χ2v) is 5.87. The quantitative estimate of drug-likeness (QED) is 0.885. The molecule has 0 amide bonds. The van der Waals surface area contributed by atoms with Gasteiger partial charge in [0, 0.05) is 38.4 Å². The standard InChI is InChI=1S/C15H23FN4O/c16-13-9-18-10-14(17)15(13)20-5-1-11(2-6-20)19-12-3-7-21-8-4-12/h9-12,19H,1-8,17H2. The van der Waals surface area contributed by atoms with Crippen LogP contribution in [-0.2, 0) is 4.74 Å². The van der Waals surface area contributed by atoms with E-state index in [4.69, 9.17) is 10.5 Å². The lowest BCUT2D eigenvalue weighted by molar-refractivity contribution is 0.0738. The summed E-state index contributed by atoms with van der Waals surface area (Å²) in [5.74, 6) is -0.328. The molecule has 0 spiro atoms. The summed E-state index contributed by atoms with van der Waals surface area (Å²) in [6, 6.07) is 1.08. The molecule has 3 N–H and O–H groups in total. The monoisotopic (exact) mass is 294 g/mol. The van der Waals surface area contributed by atoms with Gasteiger partial charge < -0.3 is 20.7 Å². The van der Waals surface area contributed by atoms with Gasteiger partial charge in [-0.25, -0.2) is 4.39 Å². The second-order valence-electron chi connectivity index (χ2n) is 5.87. The summed E-state index contributed by atoms with van der Waals surface area (Å²) in [6.07, 6.45) is 6.96. The molecule has 3 rings (SSSR count). The average molecular weight is 294 g/mol. The van der Waals surface area contributed by atoms with Crippen LogP contribution in [-0.4, -0.2) is 43.4 Å². The van der Waals surface area contributed by atoms with E-state index in [0.29, 0.717) is 23.5 Å². The predicted molar refractivity (Wildman–Crippen MR) is 80.8 cm³/mol. The molecule has 5 nitrogen and oxygen atoms in total. The summed E-state index contributed by atoms with van der Waals surface area (Å²) in [5.41, 5.74) is 6.79. The zero-order valence-electron chi connectivity index (χ0n) is 12.2. The molecule has 116 valence electrons. The highest BCUT2D eigenvalue weighted by molar-refractivity contribution is 5.67. The molecule has 0 unspecified atom stereocenters. The van der Waals surface area contributed by atoms with Crippen molar-refractivity contribution >= 4 is 11.4 Å². The SMILES string of the molecule is Nc1cncc(F)c1N1CCC(NC2CCOCC2)CC1. The Bertz CT molecular complexity index is 450. The summed E-state index contributed by atoms with van der Waals surface area (Å²) in [4.78, 5) is 5.82. The summed E-state index contributed by atoms with van der Waals surface area (Å²) < 4.78 is 19.3. The number of rotatable bonds is 3. The van der Waals surface area contributed by atoms with Crippen LogP contribution in [0.5, 0.6) is 0 Å². The highest BCUT2D eigenvalue weighted by Gasteiger charge is 2.25. The third-order valence-electron chi connectivity index (χ3n) is 4.41. The molecule has 6 heteroatoms. The molecule has 0 bridgehead atoms. The Labute approximate surface area is 124 Å². The molecule has 2 fully saturated rings. The smallest absolute Gasteiger partial charge is 0.166 e. The van der Waals surface area contributed by atoms with Crippen molar-refractivity contribution in [1.29, 1.82) is 0 Å². The van der Waals surface area contributed by atoms with Crippen LogP contribution in [0.3, 0.4) is 0 Å². The fourth-order valence-electron chi connectivity index (χ4n) is 3.24. The van der Waals surface area contributed by atoms with Crippen molar-refractivity contribution in [2.24, 2.45) is 0 Å². The van der Waals surface area contributed by atoms with Crippen LogP contribution in [0, 0.1) is 5.82 Å². The summed E-state index contributed by atoms with van der Waals surface area (Å²) >= 11 is 0. The molecule has 1 aromatic heterocycles. The number of nitrogens with zero attached hydrogens (tertiary/aromatic N) is 2. The maximum Gasteiger partial charge on any atom is 0.166 e. The van der Waals surface area contributed by atoms with Crippen LogP contribution < -0.4 is 16.0 Å². The summed E-state index contributed by atoms with van der Waals surface area (Å²) in [6.45, 7) is 3.36. The maximum absolute atomic E-state index is 13.9. The number of aromatic nitrogens is 1. The van der Waals surface area contributed by atoms with Crippen molar-refractivity contribution in [2.45, 2.75) is 37.8 Å². The normalized spacial score (nSPS) is 21.7. The number of nitrogens with one attached hydrogen (secondary N) is 1. The third kappa shape index (κ3) is 3.44. The number of ether oxygens (including phenoxy) is 1. The minimum atomic E-state index is -0.328. The number of nitrogen functional groups attached to an aromatic ring is 1. The molecule has 21 heavy (non-hydrogen) atoms. The minimum Gasteiger partial charge on any atom is -0.396 e. The van der Waals surface area contributed by atoms with Crippen molar-refractivity contribution in [2.75, 3.05) is 36.9 Å². The largest absolute Gasteiger partial charge is 0.396 e. The van der Waals surface area contributed by atoms with Gasteiger partial charge in [-0.1, -0.05) is 0 Å². The number of pyridine rings is 1. The number of hydrogen-bond donors (Lipinski definition) is 2.